The lowest BCUT2D eigenvalue weighted by Crippen LogP contribution is -2.29. The molecule has 1 aromatic carbocycles. The summed E-state index contributed by atoms with van der Waals surface area (Å²) in [6.07, 6.45) is 0. The van der Waals surface area contributed by atoms with Crippen molar-refractivity contribution in [1.29, 1.82) is 0 Å². The molecule has 0 fully saturated rings. The molecule has 14 heavy (non-hydrogen) atoms. The number of ether oxygens (including phenoxy) is 1. The first-order valence-electron chi connectivity index (χ1n) is 3.56. The SMILES string of the molecule is Cl.O=S(=O)(O)N1COc2ccccc21. The second kappa shape index (κ2) is 3.64. The predicted octanol–water partition coefficient (Wildman–Crippen LogP) is 1.07. The Hall–Kier alpha value is -0.980. The minimum absolute atomic E-state index is 0. The third kappa shape index (κ3) is 1.77. The molecule has 1 heterocycles. The van der Waals surface area contributed by atoms with E-state index in [0.29, 0.717) is 11.4 Å². The highest BCUT2D eigenvalue weighted by molar-refractivity contribution is 7.87. The Morgan fingerprint density at radius 2 is 2.00 bits per heavy atom. The van der Waals surface area contributed by atoms with E-state index in [2.05, 4.69) is 0 Å². The molecule has 0 spiro atoms. The van der Waals surface area contributed by atoms with Gasteiger partial charge in [-0.1, -0.05) is 12.1 Å². The van der Waals surface area contributed by atoms with Gasteiger partial charge in [-0.05, 0) is 12.1 Å². The minimum atomic E-state index is -4.21. The van der Waals surface area contributed by atoms with E-state index in [1.54, 1.807) is 24.3 Å². The van der Waals surface area contributed by atoms with Crippen LogP contribution in [0.2, 0.25) is 0 Å². The molecule has 0 unspecified atom stereocenters. The highest BCUT2D eigenvalue weighted by atomic mass is 35.5. The number of para-hydroxylation sites is 2. The largest absolute Gasteiger partial charge is 0.470 e. The fourth-order valence-electron chi connectivity index (χ4n) is 1.17. The van der Waals surface area contributed by atoms with Crippen LogP contribution in [-0.4, -0.2) is 19.7 Å². The molecule has 2 rings (SSSR count). The second-order valence-electron chi connectivity index (χ2n) is 2.57. The van der Waals surface area contributed by atoms with Gasteiger partial charge in [0, 0.05) is 0 Å². The van der Waals surface area contributed by atoms with Crippen molar-refractivity contribution in [2.45, 2.75) is 0 Å². The topological polar surface area (TPSA) is 66.8 Å². The number of fused-ring (bicyclic) bond motifs is 1. The summed E-state index contributed by atoms with van der Waals surface area (Å²) in [6.45, 7) is -0.168. The second-order valence-corrected chi connectivity index (χ2v) is 3.90. The molecule has 0 amide bonds. The average molecular weight is 238 g/mol. The number of nitrogens with zero attached hydrogens (tertiary/aromatic N) is 1. The van der Waals surface area contributed by atoms with Gasteiger partial charge in [0.05, 0.1) is 5.69 Å². The first kappa shape index (κ1) is 11.1. The highest BCUT2D eigenvalue weighted by Gasteiger charge is 2.28. The monoisotopic (exact) mass is 237 g/mol. The van der Waals surface area contributed by atoms with E-state index in [1.165, 1.54) is 0 Å². The molecule has 1 N–H and O–H groups in total. The highest BCUT2D eigenvalue weighted by Crippen LogP contribution is 2.34. The van der Waals surface area contributed by atoms with Crippen molar-refractivity contribution >= 4 is 28.4 Å². The van der Waals surface area contributed by atoms with Crippen LogP contribution in [0.25, 0.3) is 0 Å². The quantitative estimate of drug-likeness (QED) is 0.742. The molecule has 0 saturated heterocycles. The van der Waals surface area contributed by atoms with E-state index in [-0.39, 0.29) is 19.1 Å². The Morgan fingerprint density at radius 1 is 1.36 bits per heavy atom. The normalized spacial score (nSPS) is 14.2. The average Bonchev–Trinajstić information content (AvgIpc) is 2.45. The third-order valence-electron chi connectivity index (χ3n) is 1.75. The predicted molar refractivity (Wildman–Crippen MR) is 53.2 cm³/mol. The van der Waals surface area contributed by atoms with Gasteiger partial charge in [0.15, 0.2) is 6.73 Å². The van der Waals surface area contributed by atoms with Gasteiger partial charge in [-0.3, -0.25) is 4.55 Å². The van der Waals surface area contributed by atoms with Gasteiger partial charge >= 0.3 is 10.3 Å². The van der Waals surface area contributed by atoms with Crippen molar-refractivity contribution in [1.82, 2.24) is 0 Å². The molecule has 5 nitrogen and oxygen atoms in total. The van der Waals surface area contributed by atoms with Crippen LogP contribution in [0, 0.1) is 0 Å². The van der Waals surface area contributed by atoms with E-state index >= 15 is 0 Å². The summed E-state index contributed by atoms with van der Waals surface area (Å²) in [4.78, 5) is 0. The van der Waals surface area contributed by atoms with Crippen molar-refractivity contribution in [2.75, 3.05) is 11.0 Å². The molecule has 0 radical (unpaired) electrons. The summed E-state index contributed by atoms with van der Waals surface area (Å²) in [5.74, 6) is 0.458. The molecule has 0 aromatic heterocycles. The number of rotatable bonds is 1. The summed E-state index contributed by atoms with van der Waals surface area (Å²) in [7, 11) is -4.21. The van der Waals surface area contributed by atoms with Crippen molar-refractivity contribution in [3.05, 3.63) is 24.3 Å². The maximum atomic E-state index is 10.8. The Labute approximate surface area is 87.6 Å². The van der Waals surface area contributed by atoms with E-state index in [4.69, 9.17) is 9.29 Å². The summed E-state index contributed by atoms with van der Waals surface area (Å²) in [6, 6.07) is 6.61. The van der Waals surface area contributed by atoms with Crippen LogP contribution in [0.15, 0.2) is 24.3 Å². The van der Waals surface area contributed by atoms with Crippen LogP contribution in [0.1, 0.15) is 0 Å². The number of benzene rings is 1. The first-order valence-corrected chi connectivity index (χ1v) is 4.96. The zero-order valence-corrected chi connectivity index (χ0v) is 8.59. The molecule has 1 aliphatic heterocycles. The Kier molecular flexibility index (Phi) is 2.89. The van der Waals surface area contributed by atoms with E-state index < -0.39 is 10.3 Å². The number of hydrogen-bond donors (Lipinski definition) is 1. The molecule has 1 aromatic rings. The fourth-order valence-corrected chi connectivity index (χ4v) is 1.76. The molecule has 0 saturated carbocycles. The molecular weight excluding hydrogens is 230 g/mol. The van der Waals surface area contributed by atoms with Crippen molar-refractivity contribution in [3.63, 3.8) is 0 Å². The Morgan fingerprint density at radius 3 is 2.64 bits per heavy atom. The van der Waals surface area contributed by atoms with Gasteiger partial charge in [0.2, 0.25) is 0 Å². The van der Waals surface area contributed by atoms with Gasteiger partial charge < -0.3 is 4.74 Å². The molecule has 0 aliphatic carbocycles. The van der Waals surface area contributed by atoms with Gasteiger partial charge in [-0.15, -0.1) is 12.4 Å². The lowest BCUT2D eigenvalue weighted by molar-refractivity contribution is 0.354. The maximum absolute atomic E-state index is 10.8. The lowest BCUT2D eigenvalue weighted by atomic mass is 10.3. The van der Waals surface area contributed by atoms with Gasteiger partial charge in [-0.2, -0.15) is 8.42 Å². The fraction of sp³-hybridized carbons (Fsp3) is 0.143. The van der Waals surface area contributed by atoms with E-state index in [1.807, 2.05) is 0 Å². The van der Waals surface area contributed by atoms with Crippen LogP contribution in [0.4, 0.5) is 5.69 Å². The zero-order chi connectivity index (χ0) is 9.47. The molecule has 1 aliphatic rings. The third-order valence-corrected chi connectivity index (χ3v) is 2.61. The van der Waals surface area contributed by atoms with Crippen molar-refractivity contribution in [2.24, 2.45) is 0 Å². The number of hydrogen-bond acceptors (Lipinski definition) is 3. The minimum Gasteiger partial charge on any atom is -0.470 e. The summed E-state index contributed by atoms with van der Waals surface area (Å²) >= 11 is 0. The van der Waals surface area contributed by atoms with Crippen molar-refractivity contribution in [3.8, 4) is 5.75 Å². The van der Waals surface area contributed by atoms with Gasteiger partial charge in [0.25, 0.3) is 0 Å². The van der Waals surface area contributed by atoms with E-state index in [9.17, 15) is 8.42 Å². The van der Waals surface area contributed by atoms with Crippen LogP contribution in [0.5, 0.6) is 5.75 Å². The summed E-state index contributed by atoms with van der Waals surface area (Å²) < 4.78 is 36.2. The Bertz CT molecular complexity index is 433. The van der Waals surface area contributed by atoms with Crippen molar-refractivity contribution < 1.29 is 17.7 Å². The van der Waals surface area contributed by atoms with Crippen LogP contribution in [-0.2, 0) is 10.3 Å². The molecular formula is C7H8ClNO4S. The molecule has 0 bridgehead atoms. The van der Waals surface area contributed by atoms with Gasteiger partial charge in [0.1, 0.15) is 5.75 Å². The van der Waals surface area contributed by atoms with Crippen LogP contribution < -0.4 is 9.04 Å². The summed E-state index contributed by atoms with van der Waals surface area (Å²) in [5, 5.41) is 0. The molecule has 7 heteroatoms. The Balaban J connectivity index is 0.000000980. The maximum Gasteiger partial charge on any atom is 0.362 e. The number of halogens is 1. The smallest absolute Gasteiger partial charge is 0.362 e. The van der Waals surface area contributed by atoms with E-state index in [0.717, 1.165) is 4.31 Å². The molecule has 78 valence electrons. The first-order chi connectivity index (χ1) is 6.09. The standard InChI is InChI=1S/C7H7NO4S.ClH/c9-13(10,11)8-5-12-7-4-2-1-3-6(7)8;/h1-4H,5H2,(H,9,10,11);1H. The molecule has 0 atom stereocenters. The number of anilines is 1. The lowest BCUT2D eigenvalue weighted by Gasteiger charge is -2.10. The van der Waals surface area contributed by atoms with Crippen LogP contribution >= 0.6 is 12.4 Å². The summed E-state index contributed by atoms with van der Waals surface area (Å²) in [5.41, 5.74) is 0.366. The van der Waals surface area contributed by atoms with Crippen LogP contribution in [0.3, 0.4) is 0 Å². The van der Waals surface area contributed by atoms with Gasteiger partial charge in [-0.25, -0.2) is 4.31 Å². The zero-order valence-electron chi connectivity index (χ0n) is 6.95.